The number of nitrogens with zero attached hydrogens (tertiary/aromatic N) is 4. The third-order valence-electron chi connectivity index (χ3n) is 6.32. The predicted octanol–water partition coefficient (Wildman–Crippen LogP) is 2.68. The second-order valence-corrected chi connectivity index (χ2v) is 8.45. The molecule has 1 saturated heterocycles. The number of piperidine rings is 1. The number of nitrogens with one attached hydrogen (secondary N) is 1. The Morgan fingerprint density at radius 2 is 1.89 bits per heavy atom. The van der Waals surface area contributed by atoms with E-state index >= 15 is 0 Å². The normalized spacial score (nSPS) is 14.1. The molecule has 8 nitrogen and oxygen atoms in total. The van der Waals surface area contributed by atoms with Gasteiger partial charge in [-0.2, -0.15) is 5.26 Å². The molecule has 35 heavy (non-hydrogen) atoms. The lowest BCUT2D eigenvalue weighted by Crippen LogP contribution is -2.43. The summed E-state index contributed by atoms with van der Waals surface area (Å²) in [7, 11) is 3.64. The smallest absolute Gasteiger partial charge is 0.263 e. The van der Waals surface area contributed by atoms with Crippen LogP contribution < -0.4 is 20.5 Å². The molecule has 4 rings (SSSR count). The van der Waals surface area contributed by atoms with Gasteiger partial charge in [-0.1, -0.05) is 18.2 Å². The first kappa shape index (κ1) is 24.4. The fourth-order valence-corrected chi connectivity index (χ4v) is 4.35. The van der Waals surface area contributed by atoms with Gasteiger partial charge in [0.1, 0.15) is 24.2 Å². The van der Waals surface area contributed by atoms with Crippen LogP contribution in [-0.2, 0) is 7.05 Å². The van der Waals surface area contributed by atoms with Crippen molar-refractivity contribution in [1.82, 2.24) is 14.9 Å². The minimum atomic E-state index is -0.664. The molecule has 1 aliphatic rings. The zero-order valence-electron chi connectivity index (χ0n) is 19.8. The van der Waals surface area contributed by atoms with Gasteiger partial charge in [0, 0.05) is 31.7 Å². The van der Waals surface area contributed by atoms with Crippen LogP contribution in [0.25, 0.3) is 22.4 Å². The van der Waals surface area contributed by atoms with E-state index in [0.717, 1.165) is 25.9 Å². The summed E-state index contributed by atoms with van der Waals surface area (Å²) in [4.78, 5) is 20.6. The van der Waals surface area contributed by atoms with Crippen molar-refractivity contribution in [1.29, 1.82) is 5.26 Å². The van der Waals surface area contributed by atoms with E-state index in [2.05, 4.69) is 10.2 Å². The average Bonchev–Trinajstić information content (AvgIpc) is 2.89. The van der Waals surface area contributed by atoms with Crippen molar-refractivity contribution < 1.29 is 14.2 Å². The number of anilines is 1. The van der Waals surface area contributed by atoms with Gasteiger partial charge in [-0.05, 0) is 49.7 Å². The summed E-state index contributed by atoms with van der Waals surface area (Å²) in [6.07, 6.45) is 1.84. The molecule has 0 radical (unpaired) electrons. The number of halogens is 1. The third-order valence-corrected chi connectivity index (χ3v) is 6.32. The number of hydrogen-bond donors (Lipinski definition) is 2. The zero-order valence-corrected chi connectivity index (χ0v) is 19.8. The lowest BCUT2D eigenvalue weighted by Gasteiger charge is -2.33. The van der Waals surface area contributed by atoms with E-state index in [9.17, 15) is 9.18 Å². The standard InChI is InChI=1S/C26H28FN5O3/c1-29-20-9-11-32(12-10-20)26-30-24(18-3-4-19(16-28)22(27)15-18)23(25(34)31(26)2)17-5-7-21(8-6-17)35-14-13-33/h3-8,15,20,29,33H,9-14H2,1-2H3. The molecule has 1 fully saturated rings. The fraction of sp³-hybridized carbons (Fsp3) is 0.346. The predicted molar refractivity (Wildman–Crippen MR) is 132 cm³/mol. The van der Waals surface area contributed by atoms with Crippen LogP contribution in [0.15, 0.2) is 47.3 Å². The summed E-state index contributed by atoms with van der Waals surface area (Å²) < 4.78 is 21.5. The molecule has 0 bridgehead atoms. The minimum Gasteiger partial charge on any atom is -0.491 e. The van der Waals surface area contributed by atoms with Crippen LogP contribution >= 0.6 is 0 Å². The number of aromatic nitrogens is 2. The molecule has 182 valence electrons. The van der Waals surface area contributed by atoms with Gasteiger partial charge < -0.3 is 20.1 Å². The molecule has 2 aromatic carbocycles. The number of rotatable bonds is 7. The van der Waals surface area contributed by atoms with Crippen molar-refractivity contribution in [3.05, 3.63) is 64.2 Å². The van der Waals surface area contributed by atoms with Crippen LogP contribution in [0.1, 0.15) is 18.4 Å². The van der Waals surface area contributed by atoms with Crippen LogP contribution in [0.3, 0.4) is 0 Å². The maximum Gasteiger partial charge on any atom is 0.263 e. The Morgan fingerprint density at radius 1 is 1.20 bits per heavy atom. The summed E-state index contributed by atoms with van der Waals surface area (Å²) >= 11 is 0. The van der Waals surface area contributed by atoms with Gasteiger partial charge in [0.05, 0.1) is 23.4 Å². The van der Waals surface area contributed by atoms with Crippen molar-refractivity contribution in [2.45, 2.75) is 18.9 Å². The Kier molecular flexibility index (Phi) is 7.44. The fourth-order valence-electron chi connectivity index (χ4n) is 4.35. The van der Waals surface area contributed by atoms with Crippen LogP contribution in [0.5, 0.6) is 5.75 Å². The van der Waals surface area contributed by atoms with E-state index in [0.29, 0.717) is 40.1 Å². The Labute approximate surface area is 203 Å². The molecular formula is C26H28FN5O3. The summed E-state index contributed by atoms with van der Waals surface area (Å²) in [6, 6.07) is 13.4. The van der Waals surface area contributed by atoms with Gasteiger partial charge in [-0.25, -0.2) is 9.37 Å². The second-order valence-electron chi connectivity index (χ2n) is 8.45. The van der Waals surface area contributed by atoms with E-state index < -0.39 is 5.82 Å². The summed E-state index contributed by atoms with van der Waals surface area (Å²) in [6.45, 7) is 1.54. The quantitative estimate of drug-likeness (QED) is 0.539. The van der Waals surface area contributed by atoms with E-state index in [4.69, 9.17) is 20.1 Å². The maximum atomic E-state index is 14.6. The van der Waals surface area contributed by atoms with Gasteiger partial charge in [-0.3, -0.25) is 9.36 Å². The molecule has 0 amide bonds. The number of nitriles is 1. The molecule has 0 saturated carbocycles. The third kappa shape index (κ3) is 5.04. The Morgan fingerprint density at radius 3 is 2.49 bits per heavy atom. The van der Waals surface area contributed by atoms with E-state index in [-0.39, 0.29) is 24.3 Å². The molecule has 2 N–H and O–H groups in total. The highest BCUT2D eigenvalue weighted by Crippen LogP contribution is 2.32. The highest BCUT2D eigenvalue weighted by atomic mass is 19.1. The zero-order chi connectivity index (χ0) is 24.9. The maximum absolute atomic E-state index is 14.6. The van der Waals surface area contributed by atoms with Crippen molar-refractivity contribution in [3.8, 4) is 34.2 Å². The van der Waals surface area contributed by atoms with Gasteiger partial charge >= 0.3 is 0 Å². The van der Waals surface area contributed by atoms with Crippen LogP contribution in [0, 0.1) is 17.1 Å². The Hall–Kier alpha value is -3.74. The number of aliphatic hydroxyl groups excluding tert-OH is 1. The molecule has 0 atom stereocenters. The lowest BCUT2D eigenvalue weighted by molar-refractivity contribution is 0.201. The van der Waals surface area contributed by atoms with Crippen molar-refractivity contribution in [2.24, 2.45) is 7.05 Å². The SMILES string of the molecule is CNC1CCN(c2nc(-c3ccc(C#N)c(F)c3)c(-c3ccc(OCCO)cc3)c(=O)n2C)CC1. The van der Waals surface area contributed by atoms with Gasteiger partial charge in [0.2, 0.25) is 5.95 Å². The molecule has 1 aromatic heterocycles. The van der Waals surface area contributed by atoms with Gasteiger partial charge in [0.25, 0.3) is 5.56 Å². The summed E-state index contributed by atoms with van der Waals surface area (Å²) in [5.41, 5.74) is 1.38. The van der Waals surface area contributed by atoms with E-state index in [1.54, 1.807) is 37.4 Å². The highest BCUT2D eigenvalue weighted by molar-refractivity contribution is 5.81. The molecule has 0 unspecified atom stereocenters. The molecule has 0 aliphatic carbocycles. The Balaban J connectivity index is 1.85. The molecule has 9 heteroatoms. The van der Waals surface area contributed by atoms with Crippen LogP contribution in [-0.4, -0.2) is 54.1 Å². The lowest BCUT2D eigenvalue weighted by atomic mass is 9.99. The summed E-state index contributed by atoms with van der Waals surface area (Å²) in [5.74, 6) is 0.418. The van der Waals surface area contributed by atoms with Crippen molar-refractivity contribution in [2.75, 3.05) is 38.3 Å². The van der Waals surface area contributed by atoms with Crippen molar-refractivity contribution >= 4 is 5.95 Å². The van der Waals surface area contributed by atoms with Gasteiger partial charge in [0.15, 0.2) is 0 Å². The van der Waals surface area contributed by atoms with E-state index in [1.165, 1.54) is 16.7 Å². The van der Waals surface area contributed by atoms with Crippen molar-refractivity contribution in [3.63, 3.8) is 0 Å². The molecule has 1 aliphatic heterocycles. The molecule has 3 aromatic rings. The van der Waals surface area contributed by atoms with Crippen LogP contribution in [0.2, 0.25) is 0 Å². The number of hydrogen-bond acceptors (Lipinski definition) is 7. The second kappa shape index (κ2) is 10.7. The Bertz CT molecular complexity index is 1290. The van der Waals surface area contributed by atoms with E-state index in [1.807, 2.05) is 13.1 Å². The minimum absolute atomic E-state index is 0.0705. The van der Waals surface area contributed by atoms with Crippen LogP contribution in [0.4, 0.5) is 10.3 Å². The average molecular weight is 478 g/mol. The highest BCUT2D eigenvalue weighted by Gasteiger charge is 2.25. The van der Waals surface area contributed by atoms with Gasteiger partial charge in [-0.15, -0.1) is 0 Å². The number of aliphatic hydroxyl groups is 1. The number of ether oxygens (including phenoxy) is 1. The molecule has 2 heterocycles. The monoisotopic (exact) mass is 477 g/mol. The first-order chi connectivity index (χ1) is 17.0. The largest absolute Gasteiger partial charge is 0.491 e. The first-order valence-electron chi connectivity index (χ1n) is 11.5. The molecular weight excluding hydrogens is 449 g/mol. The first-order valence-corrected chi connectivity index (χ1v) is 11.5. The summed E-state index contributed by atoms with van der Waals surface area (Å²) in [5, 5.41) is 21.4. The number of benzene rings is 2. The topological polar surface area (TPSA) is 103 Å². The molecule has 0 spiro atoms.